The van der Waals surface area contributed by atoms with Crippen LogP contribution in [0.25, 0.3) is 11.6 Å². The Balaban J connectivity index is 2.41. The van der Waals surface area contributed by atoms with Gasteiger partial charge in [0.2, 0.25) is 0 Å². The first-order valence-corrected chi connectivity index (χ1v) is 6.31. The van der Waals surface area contributed by atoms with Gasteiger partial charge in [0.25, 0.3) is 0 Å². The molecule has 0 spiro atoms. The van der Waals surface area contributed by atoms with E-state index in [1.165, 1.54) is 0 Å². The highest BCUT2D eigenvalue weighted by Gasteiger charge is 2.10. The SMILES string of the molecule is CCC(O)/C(=C/c1ccccc1)c1ccccc1. The fourth-order valence-electron chi connectivity index (χ4n) is 1.95. The normalized spacial score (nSPS) is 13.3. The molecule has 0 aliphatic heterocycles. The van der Waals surface area contributed by atoms with E-state index in [9.17, 15) is 5.11 Å². The van der Waals surface area contributed by atoms with Crippen LogP contribution in [-0.2, 0) is 0 Å². The summed E-state index contributed by atoms with van der Waals surface area (Å²) in [6.07, 6.45) is 2.35. The zero-order valence-corrected chi connectivity index (χ0v) is 10.6. The molecular formula is C17H18O. The predicted octanol–water partition coefficient (Wildman–Crippen LogP) is 4.00. The fraction of sp³-hybridized carbons (Fsp3) is 0.176. The molecule has 92 valence electrons. The van der Waals surface area contributed by atoms with Gasteiger partial charge in [-0.3, -0.25) is 0 Å². The van der Waals surface area contributed by atoms with Crippen molar-refractivity contribution in [2.75, 3.05) is 0 Å². The zero-order valence-electron chi connectivity index (χ0n) is 10.6. The van der Waals surface area contributed by atoms with Crippen molar-refractivity contribution in [3.8, 4) is 0 Å². The molecule has 1 atom stereocenters. The molecule has 0 saturated heterocycles. The summed E-state index contributed by atoms with van der Waals surface area (Å²) >= 11 is 0. The molecule has 1 unspecified atom stereocenters. The van der Waals surface area contributed by atoms with Gasteiger partial charge in [-0.05, 0) is 29.2 Å². The number of rotatable bonds is 4. The average Bonchev–Trinajstić information content (AvgIpc) is 2.46. The molecule has 1 nitrogen and oxygen atoms in total. The monoisotopic (exact) mass is 238 g/mol. The molecule has 0 fully saturated rings. The minimum absolute atomic E-state index is 0.424. The van der Waals surface area contributed by atoms with Crippen LogP contribution in [0.15, 0.2) is 60.7 Å². The third-order valence-electron chi connectivity index (χ3n) is 2.97. The maximum Gasteiger partial charge on any atom is 0.0793 e. The first kappa shape index (κ1) is 12.6. The Hall–Kier alpha value is -1.86. The third-order valence-corrected chi connectivity index (χ3v) is 2.97. The summed E-state index contributed by atoms with van der Waals surface area (Å²) in [5.41, 5.74) is 3.17. The van der Waals surface area contributed by atoms with Crippen LogP contribution in [0.5, 0.6) is 0 Å². The number of aliphatic hydroxyl groups excluding tert-OH is 1. The first-order valence-electron chi connectivity index (χ1n) is 6.31. The van der Waals surface area contributed by atoms with Crippen molar-refractivity contribution in [2.45, 2.75) is 19.4 Å². The largest absolute Gasteiger partial charge is 0.388 e. The standard InChI is InChI=1S/C17H18O/c1-2-17(18)16(15-11-7-4-8-12-15)13-14-9-5-3-6-10-14/h3-13,17-18H,2H2,1H3/b16-13+. The molecule has 2 aromatic rings. The lowest BCUT2D eigenvalue weighted by Crippen LogP contribution is -2.07. The zero-order chi connectivity index (χ0) is 12.8. The van der Waals surface area contributed by atoms with E-state index in [4.69, 9.17) is 0 Å². The number of benzene rings is 2. The van der Waals surface area contributed by atoms with Crippen molar-refractivity contribution >= 4 is 11.6 Å². The third kappa shape index (κ3) is 3.08. The molecule has 1 heteroatoms. The second-order valence-corrected chi connectivity index (χ2v) is 4.30. The van der Waals surface area contributed by atoms with Crippen molar-refractivity contribution in [1.29, 1.82) is 0 Å². The van der Waals surface area contributed by atoms with Crippen LogP contribution < -0.4 is 0 Å². The van der Waals surface area contributed by atoms with Gasteiger partial charge in [0.15, 0.2) is 0 Å². The van der Waals surface area contributed by atoms with Gasteiger partial charge < -0.3 is 5.11 Å². The van der Waals surface area contributed by atoms with Crippen molar-refractivity contribution < 1.29 is 5.11 Å². The van der Waals surface area contributed by atoms with Gasteiger partial charge in [0, 0.05) is 0 Å². The highest BCUT2D eigenvalue weighted by molar-refractivity contribution is 5.83. The van der Waals surface area contributed by atoms with Gasteiger partial charge in [-0.1, -0.05) is 67.6 Å². The molecular weight excluding hydrogens is 220 g/mol. The molecule has 0 saturated carbocycles. The second-order valence-electron chi connectivity index (χ2n) is 4.30. The quantitative estimate of drug-likeness (QED) is 0.798. The van der Waals surface area contributed by atoms with Crippen LogP contribution in [0.4, 0.5) is 0 Å². The lowest BCUT2D eigenvalue weighted by Gasteiger charge is -2.14. The molecule has 0 aliphatic rings. The lowest BCUT2D eigenvalue weighted by atomic mass is 9.96. The Morgan fingerprint density at radius 1 is 1.00 bits per heavy atom. The van der Waals surface area contributed by atoms with Gasteiger partial charge in [-0.2, -0.15) is 0 Å². The van der Waals surface area contributed by atoms with Crippen LogP contribution >= 0.6 is 0 Å². The lowest BCUT2D eigenvalue weighted by molar-refractivity contribution is 0.229. The van der Waals surface area contributed by atoms with Gasteiger partial charge in [0.1, 0.15) is 0 Å². The Kier molecular flexibility index (Phi) is 4.32. The summed E-state index contributed by atoms with van der Waals surface area (Å²) in [4.78, 5) is 0. The molecule has 0 radical (unpaired) electrons. The van der Waals surface area contributed by atoms with Gasteiger partial charge in [0.05, 0.1) is 6.10 Å². The minimum atomic E-state index is -0.424. The van der Waals surface area contributed by atoms with E-state index in [0.29, 0.717) is 6.42 Å². The maximum absolute atomic E-state index is 10.2. The van der Waals surface area contributed by atoms with E-state index < -0.39 is 6.10 Å². The predicted molar refractivity (Wildman–Crippen MR) is 77.1 cm³/mol. The molecule has 2 rings (SSSR count). The summed E-state index contributed by atoms with van der Waals surface area (Å²) in [5.74, 6) is 0. The molecule has 0 aliphatic carbocycles. The maximum atomic E-state index is 10.2. The van der Waals surface area contributed by atoms with Crippen LogP contribution in [0.1, 0.15) is 24.5 Å². The van der Waals surface area contributed by atoms with Crippen molar-refractivity contribution in [1.82, 2.24) is 0 Å². The Morgan fingerprint density at radius 3 is 2.11 bits per heavy atom. The Morgan fingerprint density at radius 2 is 1.56 bits per heavy atom. The van der Waals surface area contributed by atoms with E-state index in [1.54, 1.807) is 0 Å². The smallest absolute Gasteiger partial charge is 0.0793 e. The summed E-state index contributed by atoms with van der Waals surface area (Å²) in [6, 6.07) is 20.2. The van der Waals surface area contributed by atoms with E-state index in [-0.39, 0.29) is 0 Å². The number of hydrogen-bond donors (Lipinski definition) is 1. The molecule has 0 bridgehead atoms. The molecule has 0 amide bonds. The topological polar surface area (TPSA) is 20.2 Å². The van der Waals surface area contributed by atoms with Crippen molar-refractivity contribution in [3.05, 3.63) is 71.8 Å². The summed E-state index contributed by atoms with van der Waals surface area (Å²) in [5, 5.41) is 10.2. The van der Waals surface area contributed by atoms with E-state index >= 15 is 0 Å². The Labute approximate surface area is 108 Å². The summed E-state index contributed by atoms with van der Waals surface area (Å²) in [7, 11) is 0. The summed E-state index contributed by atoms with van der Waals surface area (Å²) in [6.45, 7) is 1.99. The highest BCUT2D eigenvalue weighted by Crippen LogP contribution is 2.23. The number of aliphatic hydroxyl groups is 1. The number of hydrogen-bond acceptors (Lipinski definition) is 1. The van der Waals surface area contributed by atoms with Crippen LogP contribution in [-0.4, -0.2) is 11.2 Å². The second kappa shape index (κ2) is 6.18. The molecule has 2 aromatic carbocycles. The average molecular weight is 238 g/mol. The minimum Gasteiger partial charge on any atom is -0.388 e. The first-order chi connectivity index (χ1) is 8.81. The van der Waals surface area contributed by atoms with E-state index in [1.807, 2.05) is 67.6 Å². The van der Waals surface area contributed by atoms with E-state index in [2.05, 4.69) is 6.08 Å². The molecule has 0 aromatic heterocycles. The van der Waals surface area contributed by atoms with Crippen LogP contribution in [0, 0.1) is 0 Å². The van der Waals surface area contributed by atoms with Gasteiger partial charge in [-0.15, -0.1) is 0 Å². The Bertz CT molecular complexity index is 500. The fourth-order valence-corrected chi connectivity index (χ4v) is 1.95. The van der Waals surface area contributed by atoms with Gasteiger partial charge in [-0.25, -0.2) is 0 Å². The van der Waals surface area contributed by atoms with Crippen LogP contribution in [0.2, 0.25) is 0 Å². The van der Waals surface area contributed by atoms with Crippen molar-refractivity contribution in [2.24, 2.45) is 0 Å². The summed E-state index contributed by atoms with van der Waals surface area (Å²) < 4.78 is 0. The molecule has 18 heavy (non-hydrogen) atoms. The molecule has 0 heterocycles. The van der Waals surface area contributed by atoms with Crippen molar-refractivity contribution in [3.63, 3.8) is 0 Å². The van der Waals surface area contributed by atoms with Gasteiger partial charge >= 0.3 is 0 Å². The van der Waals surface area contributed by atoms with E-state index in [0.717, 1.165) is 16.7 Å². The van der Waals surface area contributed by atoms with Crippen LogP contribution in [0.3, 0.4) is 0 Å². The highest BCUT2D eigenvalue weighted by atomic mass is 16.3. The molecule has 1 N–H and O–H groups in total.